The lowest BCUT2D eigenvalue weighted by Gasteiger charge is -2.42. The Bertz CT molecular complexity index is 1570. The number of hydrogen-bond acceptors (Lipinski definition) is 14. The fourth-order valence-electron chi connectivity index (χ4n) is 8.15. The average molecular weight is 1030 g/mol. The Morgan fingerprint density at radius 1 is 0.452 bits per heavy atom. The van der Waals surface area contributed by atoms with Gasteiger partial charge < -0.3 is 64.2 Å². The topological polar surface area (TPSA) is 214 Å². The van der Waals surface area contributed by atoms with Crippen LogP contribution in [0.4, 0.5) is 0 Å². The van der Waals surface area contributed by atoms with Crippen LogP contribution in [0.5, 0.6) is 0 Å². The third-order valence-electron chi connectivity index (χ3n) is 12.6. The summed E-state index contributed by atoms with van der Waals surface area (Å²) in [5.74, 6) is -0.396. The zero-order valence-electron chi connectivity index (χ0n) is 44.6. The highest BCUT2D eigenvalue weighted by molar-refractivity contribution is 5.69. The molecule has 0 aliphatic carbocycles. The number of ether oxygens (including phenoxy) is 6. The monoisotopic (exact) mass is 1030 g/mol. The van der Waals surface area contributed by atoms with E-state index in [2.05, 4.69) is 111 Å². The summed E-state index contributed by atoms with van der Waals surface area (Å²) in [6.07, 6.45) is 43.2. The van der Waals surface area contributed by atoms with E-state index in [0.717, 1.165) is 122 Å². The summed E-state index contributed by atoms with van der Waals surface area (Å²) in [7, 11) is 0. The van der Waals surface area contributed by atoms with Crippen LogP contribution in [0.15, 0.2) is 97.2 Å². The van der Waals surface area contributed by atoms with Crippen LogP contribution in [0.25, 0.3) is 0 Å². The van der Waals surface area contributed by atoms with Crippen LogP contribution < -0.4 is 0 Å². The van der Waals surface area contributed by atoms with E-state index in [9.17, 15) is 40.5 Å². The molecule has 418 valence electrons. The zero-order chi connectivity index (χ0) is 53.0. The van der Waals surface area contributed by atoms with E-state index in [0.29, 0.717) is 13.0 Å². The molecule has 0 aromatic heterocycles. The molecule has 0 bridgehead atoms. The lowest BCUT2D eigenvalue weighted by atomic mass is 9.98. The molecule has 0 aromatic rings. The highest BCUT2D eigenvalue weighted by atomic mass is 16.7. The van der Waals surface area contributed by atoms with Crippen molar-refractivity contribution in [2.45, 2.75) is 235 Å². The van der Waals surface area contributed by atoms with E-state index in [1.54, 1.807) is 0 Å². The Hall–Kier alpha value is -3.09. The van der Waals surface area contributed by atoms with Gasteiger partial charge in [-0.1, -0.05) is 169 Å². The molecule has 11 unspecified atom stereocenters. The fourth-order valence-corrected chi connectivity index (χ4v) is 8.15. The third kappa shape index (κ3) is 32.2. The second-order valence-corrected chi connectivity index (χ2v) is 19.0. The van der Waals surface area contributed by atoms with E-state index in [-0.39, 0.29) is 19.6 Å². The second-order valence-electron chi connectivity index (χ2n) is 19.0. The molecule has 0 amide bonds. The molecule has 2 rings (SSSR count). The van der Waals surface area contributed by atoms with Gasteiger partial charge in [-0.15, -0.1) is 0 Å². The summed E-state index contributed by atoms with van der Waals surface area (Å²) in [5.41, 5.74) is 0. The molecule has 2 heterocycles. The average Bonchev–Trinajstić information content (AvgIpc) is 3.39. The van der Waals surface area contributed by atoms with Gasteiger partial charge in [-0.05, 0) is 89.9 Å². The quantitative estimate of drug-likeness (QED) is 0.0172. The van der Waals surface area contributed by atoms with Crippen molar-refractivity contribution in [3.8, 4) is 0 Å². The van der Waals surface area contributed by atoms with Crippen molar-refractivity contribution in [3.63, 3.8) is 0 Å². The second kappa shape index (κ2) is 45.1. The number of esters is 1. The SMILES string of the molecule is CC/C=C\C/C=C\C/C=C\C/C=C\C/C=C\CCCCCCCCOCC(COC1OC(COC2OC(CO)C(O)C(O)C2O)C(O)C(O)C1O)OC(=O)CCCCCCCCC/C=C\C/C=C\C/C=C\CC. The Labute approximate surface area is 439 Å². The van der Waals surface area contributed by atoms with E-state index in [1.165, 1.54) is 19.3 Å². The minimum Gasteiger partial charge on any atom is -0.457 e. The van der Waals surface area contributed by atoms with Crippen molar-refractivity contribution >= 4 is 5.97 Å². The van der Waals surface area contributed by atoms with Gasteiger partial charge in [-0.3, -0.25) is 4.79 Å². The number of carbonyl (C=O) groups excluding carboxylic acids is 1. The Balaban J connectivity index is 1.75. The van der Waals surface area contributed by atoms with Gasteiger partial charge in [0.15, 0.2) is 12.6 Å². The van der Waals surface area contributed by atoms with Crippen molar-refractivity contribution in [3.05, 3.63) is 97.2 Å². The first-order chi connectivity index (χ1) is 35.6. The van der Waals surface area contributed by atoms with Crippen LogP contribution in [-0.4, -0.2) is 142 Å². The predicted molar refractivity (Wildman–Crippen MR) is 288 cm³/mol. The normalized spacial score (nSPS) is 25.7. The smallest absolute Gasteiger partial charge is 0.306 e. The summed E-state index contributed by atoms with van der Waals surface area (Å²) >= 11 is 0. The maximum Gasteiger partial charge on any atom is 0.306 e. The molecule has 2 aliphatic rings. The van der Waals surface area contributed by atoms with Gasteiger partial charge in [0.25, 0.3) is 0 Å². The molecular weight excluding hydrogens is 933 g/mol. The molecule has 14 nitrogen and oxygen atoms in total. The minimum absolute atomic E-state index is 0.0408. The molecule has 0 spiro atoms. The van der Waals surface area contributed by atoms with E-state index in [4.69, 9.17) is 28.4 Å². The number of hydrogen-bond donors (Lipinski definition) is 7. The number of unbranched alkanes of at least 4 members (excludes halogenated alkanes) is 13. The van der Waals surface area contributed by atoms with Crippen LogP contribution in [0.3, 0.4) is 0 Å². The number of rotatable bonds is 43. The number of aliphatic hydroxyl groups is 7. The maximum atomic E-state index is 13.1. The molecular formula is C59H98O14. The zero-order valence-corrected chi connectivity index (χ0v) is 44.6. The van der Waals surface area contributed by atoms with Gasteiger partial charge in [-0.25, -0.2) is 0 Å². The summed E-state index contributed by atoms with van der Waals surface area (Å²) in [5, 5.41) is 72.3. The Kier molecular flexibility index (Phi) is 40.8. The van der Waals surface area contributed by atoms with E-state index in [1.807, 2.05) is 0 Å². The van der Waals surface area contributed by atoms with E-state index < -0.39 is 86.7 Å². The molecule has 0 aromatic carbocycles. The highest BCUT2D eigenvalue weighted by Gasteiger charge is 2.47. The summed E-state index contributed by atoms with van der Waals surface area (Å²) < 4.78 is 34.3. The molecule has 0 radical (unpaired) electrons. The molecule has 7 N–H and O–H groups in total. The van der Waals surface area contributed by atoms with Crippen molar-refractivity contribution < 1.29 is 69.0 Å². The number of carbonyl (C=O) groups is 1. The van der Waals surface area contributed by atoms with Crippen molar-refractivity contribution in [2.75, 3.05) is 33.0 Å². The summed E-state index contributed by atoms with van der Waals surface area (Å²) in [6, 6.07) is 0. The molecule has 2 aliphatic heterocycles. The number of aliphatic hydroxyl groups excluding tert-OH is 7. The summed E-state index contributed by atoms with van der Waals surface area (Å²) in [6.45, 7) is 3.40. The van der Waals surface area contributed by atoms with Crippen LogP contribution in [-0.2, 0) is 33.2 Å². The first-order valence-corrected chi connectivity index (χ1v) is 27.8. The molecule has 11 atom stereocenters. The van der Waals surface area contributed by atoms with Crippen molar-refractivity contribution in [2.24, 2.45) is 0 Å². The standard InChI is InChI=1S/C59H98O14/c1-3-5-7-9-11-13-15-17-19-21-22-23-24-25-27-29-31-33-35-37-39-41-43-68-45-48(71-51(61)42-40-38-36-34-32-30-28-26-20-18-16-14-12-10-8-6-4-2)46-69-58-57(67)55(65)53(63)50(73-58)47-70-59-56(66)54(64)52(62)49(44-60)72-59/h5-8,11-14,17-20,22-23,25,27,48-50,52-60,62-67H,3-4,9-10,15-16,21,24,26,28-47H2,1-2H3/b7-5-,8-6-,13-11-,14-12-,19-17-,20-18-,23-22-,27-25-. The van der Waals surface area contributed by atoms with Gasteiger partial charge in [0.1, 0.15) is 54.9 Å². The van der Waals surface area contributed by atoms with Gasteiger partial charge in [-0.2, -0.15) is 0 Å². The Morgan fingerprint density at radius 3 is 1.33 bits per heavy atom. The van der Waals surface area contributed by atoms with Crippen LogP contribution in [0.1, 0.15) is 168 Å². The first kappa shape index (κ1) is 66.0. The lowest BCUT2D eigenvalue weighted by molar-refractivity contribution is -0.332. The summed E-state index contributed by atoms with van der Waals surface area (Å²) in [4.78, 5) is 13.1. The predicted octanol–water partition coefficient (Wildman–Crippen LogP) is 9.41. The largest absolute Gasteiger partial charge is 0.457 e. The molecule has 73 heavy (non-hydrogen) atoms. The Morgan fingerprint density at radius 2 is 0.849 bits per heavy atom. The molecule has 2 saturated heterocycles. The van der Waals surface area contributed by atoms with Gasteiger partial charge in [0.05, 0.1) is 26.4 Å². The van der Waals surface area contributed by atoms with Crippen molar-refractivity contribution in [1.82, 2.24) is 0 Å². The van der Waals surface area contributed by atoms with Crippen LogP contribution >= 0.6 is 0 Å². The van der Waals surface area contributed by atoms with Gasteiger partial charge >= 0.3 is 5.97 Å². The van der Waals surface area contributed by atoms with Crippen LogP contribution in [0, 0.1) is 0 Å². The maximum absolute atomic E-state index is 13.1. The lowest BCUT2D eigenvalue weighted by Crippen LogP contribution is -2.61. The van der Waals surface area contributed by atoms with Gasteiger partial charge in [0, 0.05) is 13.0 Å². The number of allylic oxidation sites excluding steroid dienone is 16. The highest BCUT2D eigenvalue weighted by Crippen LogP contribution is 2.26. The molecule has 14 heteroatoms. The molecule has 2 fully saturated rings. The molecule has 0 saturated carbocycles. The van der Waals surface area contributed by atoms with Crippen LogP contribution in [0.2, 0.25) is 0 Å². The first-order valence-electron chi connectivity index (χ1n) is 27.8. The van der Waals surface area contributed by atoms with Crippen molar-refractivity contribution in [1.29, 1.82) is 0 Å². The van der Waals surface area contributed by atoms with Gasteiger partial charge in [0.2, 0.25) is 0 Å². The fraction of sp³-hybridized carbons (Fsp3) is 0.712. The van der Waals surface area contributed by atoms with E-state index >= 15 is 0 Å². The third-order valence-corrected chi connectivity index (χ3v) is 12.6. The minimum atomic E-state index is -1.72.